The minimum Gasteiger partial charge on any atom is -0.356 e. The maximum atomic E-state index is 11.4. The van der Waals surface area contributed by atoms with Gasteiger partial charge in [-0.2, -0.15) is 0 Å². The number of hydrogen-bond acceptors (Lipinski definition) is 4. The van der Waals surface area contributed by atoms with E-state index in [1.54, 1.807) is 25.4 Å². The molecule has 4 N–H and O–H groups in total. The molecule has 7 nitrogen and oxygen atoms in total. The zero-order chi connectivity index (χ0) is 18.3. The predicted octanol–water partition coefficient (Wildman–Crippen LogP) is 1.91. The molecule has 1 aromatic carbocycles. The second-order valence-electron chi connectivity index (χ2n) is 5.28. The van der Waals surface area contributed by atoms with Crippen LogP contribution in [-0.4, -0.2) is 33.0 Å². The Morgan fingerprint density at radius 1 is 1.23 bits per heavy atom. The molecule has 1 heterocycles. The Hall–Kier alpha value is -1.43. The van der Waals surface area contributed by atoms with Crippen molar-refractivity contribution in [2.45, 2.75) is 17.9 Å². The number of halogens is 2. The largest absolute Gasteiger partial charge is 0.356 e. The molecule has 0 spiro atoms. The molecule has 1 aromatic heterocycles. The van der Waals surface area contributed by atoms with Crippen molar-refractivity contribution in [1.29, 1.82) is 0 Å². The molecule has 0 amide bonds. The van der Waals surface area contributed by atoms with E-state index in [0.29, 0.717) is 24.2 Å². The fraction of sp³-hybridized carbons (Fsp3) is 0.250. The number of sulfonamides is 1. The van der Waals surface area contributed by atoms with Gasteiger partial charge in [0.15, 0.2) is 5.96 Å². The van der Waals surface area contributed by atoms with Crippen LogP contribution in [0, 0.1) is 0 Å². The van der Waals surface area contributed by atoms with Crippen LogP contribution in [-0.2, 0) is 23.0 Å². The van der Waals surface area contributed by atoms with Gasteiger partial charge >= 0.3 is 0 Å². The van der Waals surface area contributed by atoms with Crippen LogP contribution in [0.2, 0.25) is 5.15 Å². The van der Waals surface area contributed by atoms with E-state index in [4.69, 9.17) is 16.7 Å². The molecule has 26 heavy (non-hydrogen) atoms. The number of aromatic nitrogens is 1. The lowest BCUT2D eigenvalue weighted by molar-refractivity contribution is 0.597. The highest BCUT2D eigenvalue weighted by Crippen LogP contribution is 2.09. The molecule has 0 saturated heterocycles. The van der Waals surface area contributed by atoms with Crippen LogP contribution in [0.5, 0.6) is 0 Å². The molecule has 0 atom stereocenters. The van der Waals surface area contributed by atoms with E-state index in [1.807, 2.05) is 12.1 Å². The Morgan fingerprint density at radius 3 is 2.62 bits per heavy atom. The molecule has 10 heteroatoms. The highest BCUT2D eigenvalue weighted by Gasteiger charge is 2.08. The van der Waals surface area contributed by atoms with Crippen LogP contribution in [0.1, 0.15) is 11.1 Å². The maximum absolute atomic E-state index is 11.4. The van der Waals surface area contributed by atoms with E-state index in [9.17, 15) is 8.42 Å². The van der Waals surface area contributed by atoms with Crippen molar-refractivity contribution < 1.29 is 8.42 Å². The number of hydrogen-bond donors (Lipinski definition) is 3. The van der Waals surface area contributed by atoms with E-state index in [1.165, 1.54) is 12.1 Å². The third-order valence-corrected chi connectivity index (χ3v) is 4.54. The Labute approximate surface area is 175 Å². The third-order valence-electron chi connectivity index (χ3n) is 3.41. The van der Waals surface area contributed by atoms with E-state index in [-0.39, 0.29) is 28.9 Å². The first-order valence-corrected chi connectivity index (χ1v) is 9.47. The lowest BCUT2D eigenvalue weighted by Gasteiger charge is -2.12. The molecule has 0 aliphatic rings. The molecule has 0 unspecified atom stereocenters. The average molecular weight is 510 g/mol. The summed E-state index contributed by atoms with van der Waals surface area (Å²) < 4.78 is 22.8. The van der Waals surface area contributed by atoms with Gasteiger partial charge in [-0.25, -0.2) is 18.5 Å². The monoisotopic (exact) mass is 509 g/mol. The van der Waals surface area contributed by atoms with Gasteiger partial charge in [-0.15, -0.1) is 24.0 Å². The zero-order valence-electron chi connectivity index (χ0n) is 14.1. The minimum atomic E-state index is -3.71. The molecule has 0 radical (unpaired) electrons. The van der Waals surface area contributed by atoms with Gasteiger partial charge < -0.3 is 10.6 Å². The summed E-state index contributed by atoms with van der Waals surface area (Å²) in [5, 5.41) is 11.9. The molecule has 2 rings (SSSR count). The molecule has 0 bridgehead atoms. The number of nitrogens with zero attached hydrogens (tertiary/aromatic N) is 2. The van der Waals surface area contributed by atoms with Gasteiger partial charge in [-0.05, 0) is 35.7 Å². The van der Waals surface area contributed by atoms with Gasteiger partial charge in [-0.3, -0.25) is 4.99 Å². The van der Waals surface area contributed by atoms with Crippen molar-refractivity contribution in [2.24, 2.45) is 10.1 Å². The Balaban J connectivity index is 0.00000338. The molecule has 0 saturated carbocycles. The second kappa shape index (κ2) is 10.7. The minimum absolute atomic E-state index is 0. The predicted molar refractivity (Wildman–Crippen MR) is 114 cm³/mol. The second-order valence-corrected chi connectivity index (χ2v) is 7.23. The summed E-state index contributed by atoms with van der Waals surface area (Å²) in [7, 11) is -2.04. The summed E-state index contributed by atoms with van der Waals surface area (Å²) in [6.45, 7) is 1.09. The fourth-order valence-electron chi connectivity index (χ4n) is 2.12. The number of rotatable bonds is 6. The molecule has 142 valence electrons. The number of guanidine groups is 1. The lowest BCUT2D eigenvalue weighted by atomic mass is 10.2. The zero-order valence-corrected chi connectivity index (χ0v) is 18.0. The van der Waals surface area contributed by atoms with Gasteiger partial charge in [-0.1, -0.05) is 29.8 Å². The Kier molecular flexibility index (Phi) is 9.27. The van der Waals surface area contributed by atoms with Gasteiger partial charge in [0.05, 0.1) is 4.90 Å². The smallest absolute Gasteiger partial charge is 0.238 e. The molecule has 0 fully saturated rings. The number of benzene rings is 1. The molecule has 2 aromatic rings. The third kappa shape index (κ3) is 7.44. The van der Waals surface area contributed by atoms with Crippen LogP contribution in [0.15, 0.2) is 52.5 Å². The van der Waals surface area contributed by atoms with Crippen LogP contribution in [0.4, 0.5) is 0 Å². The number of pyridine rings is 1. The maximum Gasteiger partial charge on any atom is 0.238 e. The van der Waals surface area contributed by atoms with Crippen molar-refractivity contribution in [3.05, 3.63) is 58.9 Å². The quantitative estimate of drug-likeness (QED) is 0.239. The first-order chi connectivity index (χ1) is 11.9. The topological polar surface area (TPSA) is 109 Å². The number of primary sulfonamides is 1. The van der Waals surface area contributed by atoms with Crippen LogP contribution in [0.3, 0.4) is 0 Å². The summed E-state index contributed by atoms with van der Waals surface area (Å²) in [4.78, 5) is 8.26. The summed E-state index contributed by atoms with van der Waals surface area (Å²) in [5.41, 5.74) is 1.85. The number of nitrogens with two attached hydrogens (primary N) is 1. The van der Waals surface area contributed by atoms with Gasteiger partial charge in [0.25, 0.3) is 0 Å². The first kappa shape index (κ1) is 22.6. The van der Waals surface area contributed by atoms with Crippen molar-refractivity contribution in [3.63, 3.8) is 0 Å². The SMILES string of the molecule is CN=C(NCCc1ccc(Cl)nc1)NCc1cccc(S(N)(=O)=O)c1.I. The number of aliphatic imine (C=N–C) groups is 1. The van der Waals surface area contributed by atoms with Crippen molar-refractivity contribution >= 4 is 51.6 Å². The summed E-state index contributed by atoms with van der Waals surface area (Å²) in [6.07, 6.45) is 2.50. The van der Waals surface area contributed by atoms with Crippen molar-refractivity contribution in [2.75, 3.05) is 13.6 Å². The lowest BCUT2D eigenvalue weighted by Crippen LogP contribution is -2.37. The van der Waals surface area contributed by atoms with Crippen molar-refractivity contribution in [3.8, 4) is 0 Å². The van der Waals surface area contributed by atoms with Crippen LogP contribution >= 0.6 is 35.6 Å². The normalized spacial score (nSPS) is 11.6. The highest BCUT2D eigenvalue weighted by molar-refractivity contribution is 14.0. The summed E-state index contributed by atoms with van der Waals surface area (Å²) in [5.74, 6) is 0.614. The van der Waals surface area contributed by atoms with Gasteiger partial charge in [0.2, 0.25) is 10.0 Å². The van der Waals surface area contributed by atoms with E-state index >= 15 is 0 Å². The number of nitrogens with one attached hydrogen (secondary N) is 2. The Morgan fingerprint density at radius 2 is 2.00 bits per heavy atom. The summed E-state index contributed by atoms with van der Waals surface area (Å²) in [6, 6.07) is 10.1. The van der Waals surface area contributed by atoms with Gasteiger partial charge in [0, 0.05) is 26.3 Å². The van der Waals surface area contributed by atoms with Gasteiger partial charge in [0.1, 0.15) is 5.15 Å². The standard InChI is InChI=1S/C16H20ClN5O2S.HI/c1-19-16(20-8-7-12-5-6-15(17)21-10-12)22-11-13-3-2-4-14(9-13)25(18,23)24;/h2-6,9-10H,7-8,11H2,1H3,(H2,18,23,24)(H2,19,20,22);1H. The molecule has 0 aliphatic carbocycles. The van der Waals surface area contributed by atoms with Crippen LogP contribution < -0.4 is 15.8 Å². The summed E-state index contributed by atoms with van der Waals surface area (Å²) >= 11 is 5.76. The Bertz CT molecular complexity index is 844. The van der Waals surface area contributed by atoms with E-state index < -0.39 is 10.0 Å². The fourth-order valence-corrected chi connectivity index (χ4v) is 2.81. The first-order valence-electron chi connectivity index (χ1n) is 7.55. The average Bonchev–Trinajstić information content (AvgIpc) is 2.59. The highest BCUT2D eigenvalue weighted by atomic mass is 127. The van der Waals surface area contributed by atoms with Crippen LogP contribution in [0.25, 0.3) is 0 Å². The molecule has 0 aliphatic heterocycles. The molecular weight excluding hydrogens is 489 g/mol. The van der Waals surface area contributed by atoms with E-state index in [0.717, 1.165) is 17.5 Å². The van der Waals surface area contributed by atoms with Crippen molar-refractivity contribution in [1.82, 2.24) is 15.6 Å². The molecular formula is C16H21ClIN5O2S. The van der Waals surface area contributed by atoms with E-state index in [2.05, 4.69) is 20.6 Å².